The second-order valence-electron chi connectivity index (χ2n) is 3.59. The average molecular weight is 319 g/mol. The lowest BCUT2D eigenvalue weighted by Crippen LogP contribution is -2.29. The Balaban J connectivity index is 2.80. The number of rotatable bonds is 6. The number of carbonyl (C=O) groups is 1. The molecule has 0 saturated carbocycles. The van der Waals surface area contributed by atoms with Crippen molar-refractivity contribution in [3.05, 3.63) is 45.9 Å². The summed E-state index contributed by atoms with van der Waals surface area (Å²) in [6.07, 6.45) is 1.68. The maximum atomic E-state index is 10.7. The first-order chi connectivity index (χ1) is 8.02. The standard InChI is InChI=1S/C12H13BrClNO2/c1-2-5-15(8-12(16)17)7-9-6-10(14)3-4-11(9)13/h2-4,6H,1,5,7-8H2,(H,16,17). The van der Waals surface area contributed by atoms with Gasteiger partial charge in [0.05, 0.1) is 6.54 Å². The predicted octanol–water partition coefficient (Wildman–Crippen LogP) is 3.18. The lowest BCUT2D eigenvalue weighted by atomic mass is 10.2. The van der Waals surface area contributed by atoms with E-state index in [1.807, 2.05) is 12.1 Å². The fourth-order valence-electron chi connectivity index (χ4n) is 1.46. The minimum absolute atomic E-state index is 0.0228. The normalized spacial score (nSPS) is 10.5. The highest BCUT2D eigenvalue weighted by atomic mass is 79.9. The SMILES string of the molecule is C=CCN(CC(=O)O)Cc1cc(Cl)ccc1Br. The van der Waals surface area contributed by atoms with Crippen LogP contribution in [0.4, 0.5) is 0 Å². The molecule has 0 aliphatic heterocycles. The summed E-state index contributed by atoms with van der Waals surface area (Å²) in [6, 6.07) is 5.46. The van der Waals surface area contributed by atoms with Gasteiger partial charge in [0.2, 0.25) is 0 Å². The maximum Gasteiger partial charge on any atom is 0.317 e. The second kappa shape index (κ2) is 6.79. The summed E-state index contributed by atoms with van der Waals surface area (Å²) in [6.45, 7) is 4.63. The molecule has 0 aliphatic carbocycles. The first kappa shape index (κ1) is 14.2. The molecule has 0 atom stereocenters. The highest BCUT2D eigenvalue weighted by Crippen LogP contribution is 2.22. The zero-order chi connectivity index (χ0) is 12.8. The van der Waals surface area contributed by atoms with E-state index in [9.17, 15) is 4.79 Å². The number of carboxylic acid groups (broad SMARTS) is 1. The molecule has 92 valence electrons. The molecule has 5 heteroatoms. The molecule has 0 saturated heterocycles. The second-order valence-corrected chi connectivity index (χ2v) is 4.88. The van der Waals surface area contributed by atoms with Crippen molar-refractivity contribution < 1.29 is 9.90 Å². The molecule has 3 nitrogen and oxygen atoms in total. The molecule has 0 fully saturated rings. The van der Waals surface area contributed by atoms with Gasteiger partial charge in [0, 0.05) is 22.6 Å². The average Bonchev–Trinajstić information content (AvgIpc) is 2.23. The maximum absolute atomic E-state index is 10.7. The van der Waals surface area contributed by atoms with Crippen molar-refractivity contribution in [2.75, 3.05) is 13.1 Å². The van der Waals surface area contributed by atoms with E-state index in [0.29, 0.717) is 18.1 Å². The third-order valence-electron chi connectivity index (χ3n) is 2.15. The van der Waals surface area contributed by atoms with E-state index >= 15 is 0 Å². The van der Waals surface area contributed by atoms with Crippen molar-refractivity contribution in [2.24, 2.45) is 0 Å². The Kier molecular flexibility index (Phi) is 5.68. The van der Waals surface area contributed by atoms with Crippen molar-refractivity contribution >= 4 is 33.5 Å². The molecule has 0 amide bonds. The molecular formula is C12H13BrClNO2. The van der Waals surface area contributed by atoms with Crippen LogP contribution in [0.1, 0.15) is 5.56 Å². The third kappa shape index (κ3) is 4.89. The number of halogens is 2. The number of nitrogens with zero attached hydrogens (tertiary/aromatic N) is 1. The summed E-state index contributed by atoms with van der Waals surface area (Å²) >= 11 is 9.32. The highest BCUT2D eigenvalue weighted by Gasteiger charge is 2.11. The molecule has 0 heterocycles. The summed E-state index contributed by atoms with van der Waals surface area (Å²) in [4.78, 5) is 12.5. The molecule has 1 N–H and O–H groups in total. The Bertz CT molecular complexity index is 423. The molecule has 0 spiro atoms. The summed E-state index contributed by atoms with van der Waals surface area (Å²) in [5, 5.41) is 9.43. The van der Waals surface area contributed by atoms with Crippen LogP contribution < -0.4 is 0 Å². The van der Waals surface area contributed by atoms with Crippen LogP contribution in [0, 0.1) is 0 Å². The van der Waals surface area contributed by atoms with Crippen LogP contribution >= 0.6 is 27.5 Å². The van der Waals surface area contributed by atoms with Gasteiger partial charge in [0.1, 0.15) is 0 Å². The fraction of sp³-hybridized carbons (Fsp3) is 0.250. The van der Waals surface area contributed by atoms with E-state index < -0.39 is 5.97 Å². The Morgan fingerprint density at radius 2 is 2.29 bits per heavy atom. The molecule has 1 aromatic rings. The van der Waals surface area contributed by atoms with E-state index in [2.05, 4.69) is 22.5 Å². The largest absolute Gasteiger partial charge is 0.480 e. The lowest BCUT2D eigenvalue weighted by molar-refractivity contribution is -0.138. The third-order valence-corrected chi connectivity index (χ3v) is 3.16. The van der Waals surface area contributed by atoms with Crippen LogP contribution in [0.5, 0.6) is 0 Å². The smallest absolute Gasteiger partial charge is 0.317 e. The van der Waals surface area contributed by atoms with Crippen LogP contribution in [0.3, 0.4) is 0 Å². The van der Waals surface area contributed by atoms with Gasteiger partial charge < -0.3 is 5.11 Å². The molecule has 1 rings (SSSR count). The lowest BCUT2D eigenvalue weighted by Gasteiger charge is -2.19. The van der Waals surface area contributed by atoms with Gasteiger partial charge in [-0.05, 0) is 23.8 Å². The molecule has 17 heavy (non-hydrogen) atoms. The molecule has 0 bridgehead atoms. The number of benzene rings is 1. The van der Waals surface area contributed by atoms with Crippen molar-refractivity contribution in [3.8, 4) is 0 Å². The van der Waals surface area contributed by atoms with Gasteiger partial charge in [0.15, 0.2) is 0 Å². The number of hydrogen-bond donors (Lipinski definition) is 1. The van der Waals surface area contributed by atoms with Crippen molar-refractivity contribution in [1.82, 2.24) is 4.90 Å². The Labute approximate surface area is 114 Å². The first-order valence-electron chi connectivity index (χ1n) is 5.02. The van der Waals surface area contributed by atoms with Crippen LogP contribution in [0.2, 0.25) is 5.02 Å². The van der Waals surface area contributed by atoms with Gasteiger partial charge in [-0.1, -0.05) is 33.6 Å². The summed E-state index contributed by atoms with van der Waals surface area (Å²) < 4.78 is 0.918. The van der Waals surface area contributed by atoms with Crippen LogP contribution in [0.25, 0.3) is 0 Å². The van der Waals surface area contributed by atoms with Gasteiger partial charge in [-0.25, -0.2) is 0 Å². The molecule has 0 aromatic heterocycles. The van der Waals surface area contributed by atoms with E-state index in [1.54, 1.807) is 17.0 Å². The van der Waals surface area contributed by atoms with Gasteiger partial charge in [-0.15, -0.1) is 6.58 Å². The van der Waals surface area contributed by atoms with Gasteiger partial charge in [-0.3, -0.25) is 9.69 Å². The quantitative estimate of drug-likeness (QED) is 0.819. The van der Waals surface area contributed by atoms with Crippen LogP contribution in [-0.2, 0) is 11.3 Å². The molecule has 0 radical (unpaired) electrons. The van der Waals surface area contributed by atoms with E-state index in [4.69, 9.17) is 16.7 Å². The predicted molar refractivity (Wildman–Crippen MR) is 72.3 cm³/mol. The number of carboxylic acids is 1. The Morgan fingerprint density at radius 3 is 2.88 bits per heavy atom. The van der Waals surface area contributed by atoms with Crippen LogP contribution in [-0.4, -0.2) is 29.1 Å². The van der Waals surface area contributed by atoms with E-state index in [-0.39, 0.29) is 6.54 Å². The molecule has 1 aromatic carbocycles. The summed E-state index contributed by atoms with van der Waals surface area (Å²) in [7, 11) is 0. The topological polar surface area (TPSA) is 40.5 Å². The minimum Gasteiger partial charge on any atom is -0.480 e. The minimum atomic E-state index is -0.856. The zero-order valence-electron chi connectivity index (χ0n) is 9.20. The van der Waals surface area contributed by atoms with Crippen molar-refractivity contribution in [1.29, 1.82) is 0 Å². The zero-order valence-corrected chi connectivity index (χ0v) is 11.5. The first-order valence-corrected chi connectivity index (χ1v) is 6.19. The molecule has 0 aliphatic rings. The van der Waals surface area contributed by atoms with E-state index in [1.165, 1.54) is 0 Å². The van der Waals surface area contributed by atoms with Gasteiger partial charge >= 0.3 is 5.97 Å². The summed E-state index contributed by atoms with van der Waals surface area (Å²) in [5.41, 5.74) is 0.959. The molecular weight excluding hydrogens is 305 g/mol. The number of hydrogen-bond acceptors (Lipinski definition) is 2. The summed E-state index contributed by atoms with van der Waals surface area (Å²) in [5.74, 6) is -0.856. The van der Waals surface area contributed by atoms with Crippen molar-refractivity contribution in [2.45, 2.75) is 6.54 Å². The monoisotopic (exact) mass is 317 g/mol. The van der Waals surface area contributed by atoms with Gasteiger partial charge in [0.25, 0.3) is 0 Å². The van der Waals surface area contributed by atoms with Crippen molar-refractivity contribution in [3.63, 3.8) is 0 Å². The number of aliphatic carboxylic acids is 1. The Morgan fingerprint density at radius 1 is 1.59 bits per heavy atom. The van der Waals surface area contributed by atoms with Crippen LogP contribution in [0.15, 0.2) is 35.3 Å². The Hall–Kier alpha value is -0.840. The fourth-order valence-corrected chi connectivity index (χ4v) is 2.03. The van der Waals surface area contributed by atoms with Gasteiger partial charge in [-0.2, -0.15) is 0 Å². The highest BCUT2D eigenvalue weighted by molar-refractivity contribution is 9.10. The van der Waals surface area contributed by atoms with E-state index in [0.717, 1.165) is 10.0 Å². The molecule has 0 unspecified atom stereocenters.